The molecular weight excluding hydrogens is 333 g/mol. The number of ether oxygens (including phenoxy) is 1. The summed E-state index contributed by atoms with van der Waals surface area (Å²) in [6, 6.07) is 5.19. The normalized spacial score (nSPS) is 21.8. The molecule has 1 aliphatic rings. The highest BCUT2D eigenvalue weighted by Crippen LogP contribution is 2.26. The zero-order valence-corrected chi connectivity index (χ0v) is 15.2. The quantitative estimate of drug-likeness (QED) is 0.648. The van der Waals surface area contributed by atoms with Crippen LogP contribution in [-0.4, -0.2) is 32.7 Å². The second-order valence-corrected chi connectivity index (χ2v) is 7.27. The van der Waals surface area contributed by atoms with Gasteiger partial charge in [-0.05, 0) is 43.0 Å². The Bertz CT molecular complexity index is 572. The lowest BCUT2D eigenvalue weighted by molar-refractivity contribution is -0.862. The van der Waals surface area contributed by atoms with E-state index in [1.807, 2.05) is 0 Å². The highest BCUT2D eigenvalue weighted by atomic mass is 35.5. The number of rotatable bonds is 5. The molecule has 1 saturated carbocycles. The summed E-state index contributed by atoms with van der Waals surface area (Å²) in [6.45, 7) is 1.03. The second kappa shape index (κ2) is 8.72. The number of hydrogen-bond acceptors (Lipinski definition) is 2. The third-order valence-corrected chi connectivity index (χ3v) is 4.70. The number of carbonyl (C=O) groups excluding carboxylic acids is 1. The molecule has 0 aliphatic heterocycles. The lowest BCUT2D eigenvalue weighted by atomic mass is 9.86. The Hall–Kier alpha value is -1.03. The molecule has 5 heteroatoms. The van der Waals surface area contributed by atoms with Gasteiger partial charge in [-0.15, -0.1) is 0 Å². The van der Waals surface area contributed by atoms with Crippen molar-refractivity contribution in [3.8, 4) is 0 Å². The van der Waals surface area contributed by atoms with Crippen LogP contribution in [0.5, 0.6) is 0 Å². The van der Waals surface area contributed by atoms with Crippen molar-refractivity contribution in [2.45, 2.75) is 31.8 Å². The molecule has 1 N–H and O–H groups in total. The van der Waals surface area contributed by atoms with Crippen molar-refractivity contribution in [2.24, 2.45) is 5.92 Å². The molecule has 1 aromatic rings. The van der Waals surface area contributed by atoms with Crippen LogP contribution in [0.3, 0.4) is 0 Å². The van der Waals surface area contributed by atoms with Gasteiger partial charge in [0.25, 0.3) is 0 Å². The van der Waals surface area contributed by atoms with E-state index in [1.165, 1.54) is 17.4 Å². The van der Waals surface area contributed by atoms with Crippen LogP contribution < -0.4 is 4.90 Å². The fourth-order valence-corrected chi connectivity index (χ4v) is 3.54. The lowest BCUT2D eigenvalue weighted by Gasteiger charge is -2.31. The van der Waals surface area contributed by atoms with Crippen molar-refractivity contribution in [1.82, 2.24) is 0 Å². The number of hydrogen-bond donors (Lipinski definition) is 1. The minimum Gasteiger partial charge on any atom is -0.459 e. The molecular formula is C18H24Cl2NO2+. The number of esters is 1. The van der Waals surface area contributed by atoms with Gasteiger partial charge in [0, 0.05) is 22.0 Å². The summed E-state index contributed by atoms with van der Waals surface area (Å²) in [4.78, 5) is 13.5. The Labute approximate surface area is 148 Å². The van der Waals surface area contributed by atoms with E-state index in [9.17, 15) is 4.79 Å². The van der Waals surface area contributed by atoms with Crippen molar-refractivity contribution in [1.29, 1.82) is 0 Å². The van der Waals surface area contributed by atoms with Crippen molar-refractivity contribution in [3.05, 3.63) is 39.9 Å². The van der Waals surface area contributed by atoms with E-state index in [0.29, 0.717) is 16.0 Å². The molecule has 2 atom stereocenters. The summed E-state index contributed by atoms with van der Waals surface area (Å²) < 4.78 is 5.68. The SMILES string of the molecule is C[NH+](C)C[C@@H]1CCCC[C@H]1OC(=O)/C=C/c1ccc(Cl)cc1Cl. The fourth-order valence-electron chi connectivity index (χ4n) is 3.07. The molecule has 0 spiro atoms. The maximum absolute atomic E-state index is 12.1. The second-order valence-electron chi connectivity index (χ2n) is 6.43. The number of nitrogens with one attached hydrogen (secondary N) is 1. The molecule has 23 heavy (non-hydrogen) atoms. The average Bonchev–Trinajstić information content (AvgIpc) is 2.48. The molecule has 0 heterocycles. The predicted molar refractivity (Wildman–Crippen MR) is 95.0 cm³/mol. The standard InChI is InChI=1S/C18H23Cl2NO2/c1-21(2)12-14-5-3-4-6-17(14)23-18(22)10-8-13-7-9-15(19)11-16(13)20/h7-11,14,17H,3-6,12H2,1-2H3/p+1/b10-8+/t14-,17+/m0/s1. The van der Waals surface area contributed by atoms with Gasteiger partial charge in [-0.3, -0.25) is 0 Å². The minimum absolute atomic E-state index is 0.0245. The maximum atomic E-state index is 12.1. The third-order valence-electron chi connectivity index (χ3n) is 4.14. The van der Waals surface area contributed by atoms with E-state index < -0.39 is 0 Å². The van der Waals surface area contributed by atoms with Gasteiger partial charge in [0.1, 0.15) is 6.10 Å². The highest BCUT2D eigenvalue weighted by molar-refractivity contribution is 6.35. The maximum Gasteiger partial charge on any atom is 0.331 e. The molecule has 126 valence electrons. The van der Waals surface area contributed by atoms with E-state index in [-0.39, 0.29) is 12.1 Å². The van der Waals surface area contributed by atoms with Crippen LogP contribution in [-0.2, 0) is 9.53 Å². The Morgan fingerprint density at radius 1 is 1.30 bits per heavy atom. The van der Waals surface area contributed by atoms with Crippen molar-refractivity contribution in [2.75, 3.05) is 20.6 Å². The van der Waals surface area contributed by atoms with Crippen LogP contribution in [0.2, 0.25) is 10.0 Å². The molecule has 1 aromatic carbocycles. The zero-order chi connectivity index (χ0) is 16.8. The van der Waals surface area contributed by atoms with Crippen LogP contribution in [0.25, 0.3) is 6.08 Å². The number of quaternary nitrogens is 1. The minimum atomic E-state index is -0.304. The summed E-state index contributed by atoms with van der Waals surface area (Å²) in [5.74, 6) is 0.145. The monoisotopic (exact) mass is 356 g/mol. The molecule has 2 rings (SSSR count). The Balaban J connectivity index is 1.95. The van der Waals surface area contributed by atoms with Gasteiger partial charge in [-0.2, -0.15) is 0 Å². The third kappa shape index (κ3) is 5.83. The van der Waals surface area contributed by atoms with E-state index in [2.05, 4.69) is 14.1 Å². The molecule has 0 amide bonds. The first-order valence-electron chi connectivity index (χ1n) is 8.08. The van der Waals surface area contributed by atoms with Gasteiger partial charge in [-0.25, -0.2) is 4.79 Å². The van der Waals surface area contributed by atoms with Crippen molar-refractivity contribution < 1.29 is 14.4 Å². The first-order valence-corrected chi connectivity index (χ1v) is 8.84. The molecule has 0 saturated heterocycles. The smallest absolute Gasteiger partial charge is 0.331 e. The molecule has 1 fully saturated rings. The van der Waals surface area contributed by atoms with E-state index >= 15 is 0 Å². The van der Waals surface area contributed by atoms with E-state index in [1.54, 1.807) is 24.3 Å². The van der Waals surface area contributed by atoms with Gasteiger partial charge in [0.15, 0.2) is 0 Å². The first kappa shape index (κ1) is 18.3. The van der Waals surface area contributed by atoms with Gasteiger partial charge in [0.05, 0.1) is 20.6 Å². The van der Waals surface area contributed by atoms with Gasteiger partial charge < -0.3 is 9.64 Å². The largest absolute Gasteiger partial charge is 0.459 e. The summed E-state index contributed by atoms with van der Waals surface area (Å²) in [5.41, 5.74) is 0.756. The predicted octanol–water partition coefficient (Wildman–Crippen LogP) is 3.25. The summed E-state index contributed by atoms with van der Waals surface area (Å²) in [6.07, 6.45) is 7.59. The molecule has 1 aliphatic carbocycles. The molecule has 0 aromatic heterocycles. The van der Waals surface area contributed by atoms with Crippen LogP contribution in [0.15, 0.2) is 24.3 Å². The Kier molecular flexibility index (Phi) is 6.94. The van der Waals surface area contributed by atoms with Gasteiger partial charge in [0.2, 0.25) is 0 Å². The molecule has 3 nitrogen and oxygen atoms in total. The zero-order valence-electron chi connectivity index (χ0n) is 13.6. The topological polar surface area (TPSA) is 30.7 Å². The van der Waals surface area contributed by atoms with E-state index in [4.69, 9.17) is 27.9 Å². The van der Waals surface area contributed by atoms with E-state index in [0.717, 1.165) is 31.4 Å². The summed E-state index contributed by atoms with van der Waals surface area (Å²) in [7, 11) is 4.27. The van der Waals surface area contributed by atoms with Crippen molar-refractivity contribution in [3.63, 3.8) is 0 Å². The molecule has 0 unspecified atom stereocenters. The molecule has 0 bridgehead atoms. The lowest BCUT2D eigenvalue weighted by Crippen LogP contribution is -3.06. The summed E-state index contributed by atoms with van der Waals surface area (Å²) in [5, 5.41) is 1.10. The number of benzene rings is 1. The first-order chi connectivity index (χ1) is 11.0. The van der Waals surface area contributed by atoms with Crippen LogP contribution in [0.1, 0.15) is 31.2 Å². The van der Waals surface area contributed by atoms with Crippen LogP contribution in [0.4, 0.5) is 0 Å². The van der Waals surface area contributed by atoms with Crippen LogP contribution in [0, 0.1) is 5.92 Å². The summed E-state index contributed by atoms with van der Waals surface area (Å²) >= 11 is 12.0. The Morgan fingerprint density at radius 3 is 2.74 bits per heavy atom. The molecule has 0 radical (unpaired) electrons. The van der Waals surface area contributed by atoms with Gasteiger partial charge in [-0.1, -0.05) is 35.7 Å². The van der Waals surface area contributed by atoms with Crippen LogP contribution >= 0.6 is 23.2 Å². The Morgan fingerprint density at radius 2 is 2.04 bits per heavy atom. The fraction of sp³-hybridized carbons (Fsp3) is 0.500. The van der Waals surface area contributed by atoms with Gasteiger partial charge >= 0.3 is 5.97 Å². The number of halogens is 2. The number of carbonyl (C=O) groups is 1. The average molecular weight is 357 g/mol. The van der Waals surface area contributed by atoms with Crippen molar-refractivity contribution >= 4 is 35.2 Å². The highest BCUT2D eigenvalue weighted by Gasteiger charge is 2.29.